The molecule has 19 heavy (non-hydrogen) atoms. The molecule has 1 aliphatic carbocycles. The summed E-state index contributed by atoms with van der Waals surface area (Å²) in [5, 5.41) is 10.8. The maximum absolute atomic E-state index is 10.8. The van der Waals surface area contributed by atoms with Crippen molar-refractivity contribution in [3.8, 4) is 5.75 Å². The second-order valence-electron chi connectivity index (χ2n) is 5.86. The monoisotopic (exact) mass is 262 g/mol. The molecule has 106 valence electrons. The molecule has 0 aliphatic heterocycles. The fourth-order valence-corrected chi connectivity index (χ4v) is 3.01. The van der Waals surface area contributed by atoms with Crippen LogP contribution in [-0.2, 0) is 5.60 Å². The Morgan fingerprint density at radius 3 is 2.37 bits per heavy atom. The number of rotatable bonds is 5. The molecule has 0 heterocycles. The molecule has 1 N–H and O–H groups in total. The van der Waals surface area contributed by atoms with E-state index in [9.17, 15) is 5.11 Å². The topological polar surface area (TPSA) is 29.5 Å². The van der Waals surface area contributed by atoms with E-state index in [1.165, 1.54) is 19.3 Å². The van der Waals surface area contributed by atoms with Gasteiger partial charge in [0.2, 0.25) is 0 Å². The number of ether oxygens (including phenoxy) is 1. The third-order valence-electron chi connectivity index (χ3n) is 4.31. The normalized spacial score (nSPS) is 19.9. The summed E-state index contributed by atoms with van der Waals surface area (Å²) in [6, 6.07) is 7.98. The van der Waals surface area contributed by atoms with Crippen LogP contribution in [0.3, 0.4) is 0 Å². The van der Waals surface area contributed by atoms with Crippen LogP contribution in [-0.4, -0.2) is 11.7 Å². The molecule has 0 saturated heterocycles. The molecule has 0 radical (unpaired) electrons. The Hall–Kier alpha value is -1.02. The van der Waals surface area contributed by atoms with Gasteiger partial charge in [-0.1, -0.05) is 38.3 Å². The van der Waals surface area contributed by atoms with Gasteiger partial charge in [0.05, 0.1) is 12.2 Å². The van der Waals surface area contributed by atoms with Crippen LogP contribution in [0.25, 0.3) is 0 Å². The summed E-state index contributed by atoms with van der Waals surface area (Å²) in [7, 11) is 0. The lowest BCUT2D eigenvalue weighted by Gasteiger charge is -2.36. The van der Waals surface area contributed by atoms with Crippen molar-refractivity contribution in [3.05, 3.63) is 29.8 Å². The SMILES string of the molecule is CCCOc1ccc(C(C)(O)C2CCCCC2)cc1. The van der Waals surface area contributed by atoms with Crippen LogP contribution in [0.1, 0.15) is 57.9 Å². The van der Waals surface area contributed by atoms with E-state index in [2.05, 4.69) is 6.92 Å². The maximum Gasteiger partial charge on any atom is 0.119 e. The van der Waals surface area contributed by atoms with Crippen molar-refractivity contribution >= 4 is 0 Å². The minimum absolute atomic E-state index is 0.392. The summed E-state index contributed by atoms with van der Waals surface area (Å²) >= 11 is 0. The quantitative estimate of drug-likeness (QED) is 0.859. The summed E-state index contributed by atoms with van der Waals surface area (Å²) in [6.45, 7) is 4.81. The first kappa shape index (κ1) is 14.4. The first-order valence-corrected chi connectivity index (χ1v) is 7.60. The summed E-state index contributed by atoms with van der Waals surface area (Å²) in [4.78, 5) is 0. The van der Waals surface area contributed by atoms with Gasteiger partial charge in [-0.3, -0.25) is 0 Å². The van der Waals surface area contributed by atoms with E-state index in [1.807, 2.05) is 31.2 Å². The van der Waals surface area contributed by atoms with Crippen LogP contribution in [0.5, 0.6) is 5.75 Å². The Morgan fingerprint density at radius 2 is 1.79 bits per heavy atom. The molecule has 2 heteroatoms. The highest BCUT2D eigenvalue weighted by atomic mass is 16.5. The predicted molar refractivity (Wildman–Crippen MR) is 78.4 cm³/mol. The average Bonchev–Trinajstić information content (AvgIpc) is 2.46. The summed E-state index contributed by atoms with van der Waals surface area (Å²) < 4.78 is 5.59. The van der Waals surface area contributed by atoms with E-state index >= 15 is 0 Å². The zero-order valence-corrected chi connectivity index (χ0v) is 12.2. The highest BCUT2D eigenvalue weighted by molar-refractivity contribution is 5.31. The molecule has 0 bridgehead atoms. The van der Waals surface area contributed by atoms with Gasteiger partial charge in [-0.05, 0) is 49.8 Å². The highest BCUT2D eigenvalue weighted by Crippen LogP contribution is 2.39. The third-order valence-corrected chi connectivity index (χ3v) is 4.31. The Kier molecular flexibility index (Phi) is 4.87. The molecule has 0 spiro atoms. The van der Waals surface area contributed by atoms with Gasteiger partial charge in [-0.15, -0.1) is 0 Å². The Bertz CT molecular complexity index is 375. The molecule has 1 saturated carbocycles. The number of hydrogen-bond donors (Lipinski definition) is 1. The van der Waals surface area contributed by atoms with Crippen molar-refractivity contribution in [3.63, 3.8) is 0 Å². The van der Waals surface area contributed by atoms with E-state index in [0.29, 0.717) is 5.92 Å². The highest BCUT2D eigenvalue weighted by Gasteiger charge is 2.34. The number of aliphatic hydroxyl groups is 1. The van der Waals surface area contributed by atoms with Gasteiger partial charge in [0.1, 0.15) is 5.75 Å². The van der Waals surface area contributed by atoms with Crippen molar-refractivity contribution < 1.29 is 9.84 Å². The van der Waals surface area contributed by atoms with Crippen LogP contribution >= 0.6 is 0 Å². The molecule has 1 fully saturated rings. The molecule has 1 aliphatic rings. The smallest absolute Gasteiger partial charge is 0.119 e. The molecule has 2 nitrogen and oxygen atoms in total. The van der Waals surface area contributed by atoms with E-state index in [4.69, 9.17) is 4.74 Å². The lowest BCUT2D eigenvalue weighted by molar-refractivity contribution is -0.0215. The molecular formula is C17H26O2. The van der Waals surface area contributed by atoms with Crippen molar-refractivity contribution in [2.75, 3.05) is 6.61 Å². The molecule has 1 aromatic carbocycles. The van der Waals surface area contributed by atoms with Crippen LogP contribution < -0.4 is 4.74 Å². The standard InChI is InChI=1S/C17H26O2/c1-3-13-19-16-11-9-15(10-12-16)17(2,18)14-7-5-4-6-8-14/h9-12,14,18H,3-8,13H2,1-2H3. The van der Waals surface area contributed by atoms with E-state index in [0.717, 1.165) is 37.2 Å². The van der Waals surface area contributed by atoms with E-state index in [1.54, 1.807) is 0 Å². The fourth-order valence-electron chi connectivity index (χ4n) is 3.01. The van der Waals surface area contributed by atoms with Gasteiger partial charge in [-0.2, -0.15) is 0 Å². The van der Waals surface area contributed by atoms with Crippen LogP contribution in [0.4, 0.5) is 0 Å². The third kappa shape index (κ3) is 3.50. The number of benzene rings is 1. The van der Waals surface area contributed by atoms with Gasteiger partial charge in [0.25, 0.3) is 0 Å². The van der Waals surface area contributed by atoms with Gasteiger partial charge < -0.3 is 9.84 Å². The van der Waals surface area contributed by atoms with Crippen molar-refractivity contribution in [2.24, 2.45) is 5.92 Å². The predicted octanol–water partition coefficient (Wildman–Crippen LogP) is 4.26. The average molecular weight is 262 g/mol. The summed E-state index contributed by atoms with van der Waals surface area (Å²) in [5.74, 6) is 1.29. The Balaban J connectivity index is 2.06. The fraction of sp³-hybridized carbons (Fsp3) is 0.647. The second-order valence-corrected chi connectivity index (χ2v) is 5.86. The number of hydrogen-bond acceptors (Lipinski definition) is 2. The van der Waals surface area contributed by atoms with E-state index in [-0.39, 0.29) is 0 Å². The molecule has 1 unspecified atom stereocenters. The molecule has 1 aromatic rings. The summed E-state index contributed by atoms with van der Waals surface area (Å²) in [5.41, 5.74) is 0.312. The van der Waals surface area contributed by atoms with Gasteiger partial charge in [-0.25, -0.2) is 0 Å². The van der Waals surface area contributed by atoms with Gasteiger partial charge in [0.15, 0.2) is 0 Å². The van der Waals surface area contributed by atoms with Crippen molar-refractivity contribution in [2.45, 2.75) is 58.0 Å². The van der Waals surface area contributed by atoms with Crippen LogP contribution in [0.15, 0.2) is 24.3 Å². The van der Waals surface area contributed by atoms with Crippen molar-refractivity contribution in [1.29, 1.82) is 0 Å². The van der Waals surface area contributed by atoms with E-state index < -0.39 is 5.60 Å². The summed E-state index contributed by atoms with van der Waals surface area (Å²) in [6.07, 6.45) is 7.11. The molecule has 0 amide bonds. The first-order chi connectivity index (χ1) is 9.14. The van der Waals surface area contributed by atoms with Gasteiger partial charge >= 0.3 is 0 Å². The minimum Gasteiger partial charge on any atom is -0.494 e. The largest absolute Gasteiger partial charge is 0.494 e. The van der Waals surface area contributed by atoms with Crippen molar-refractivity contribution in [1.82, 2.24) is 0 Å². The first-order valence-electron chi connectivity index (χ1n) is 7.60. The molecule has 2 rings (SSSR count). The van der Waals surface area contributed by atoms with Crippen LogP contribution in [0.2, 0.25) is 0 Å². The minimum atomic E-state index is -0.705. The molecule has 0 aromatic heterocycles. The Morgan fingerprint density at radius 1 is 1.16 bits per heavy atom. The lowest BCUT2D eigenvalue weighted by atomic mass is 9.74. The zero-order valence-electron chi connectivity index (χ0n) is 12.2. The van der Waals surface area contributed by atoms with Gasteiger partial charge in [0, 0.05) is 0 Å². The zero-order chi connectivity index (χ0) is 13.7. The maximum atomic E-state index is 10.8. The molecule has 1 atom stereocenters. The second kappa shape index (κ2) is 6.42. The lowest BCUT2D eigenvalue weighted by Crippen LogP contribution is -2.33. The Labute approximate surface area is 116 Å². The van der Waals surface area contributed by atoms with Crippen LogP contribution in [0, 0.1) is 5.92 Å². The molecular weight excluding hydrogens is 236 g/mol.